The number of nitrogen functional groups attached to an aromatic ring is 1. The van der Waals surface area contributed by atoms with Crippen molar-refractivity contribution >= 4 is 17.3 Å². The zero-order chi connectivity index (χ0) is 15.2. The first-order valence-corrected chi connectivity index (χ1v) is 6.76. The minimum Gasteiger partial charge on any atom is -0.397 e. The smallest absolute Gasteiger partial charge is 0.251 e. The predicted octanol–water partition coefficient (Wildman–Crippen LogP) is 2.77. The molecule has 0 aliphatic heterocycles. The number of nitrogens with two attached hydrogens (primary N) is 1. The summed E-state index contributed by atoms with van der Waals surface area (Å²) in [5.41, 5.74) is 8.11. The minimum absolute atomic E-state index is 0.162. The van der Waals surface area contributed by atoms with Gasteiger partial charge in [-0.05, 0) is 31.2 Å². The Kier molecular flexibility index (Phi) is 4.77. The first-order valence-electron chi connectivity index (χ1n) is 6.76. The molecule has 4 nitrogen and oxygen atoms in total. The number of hydrogen-bond donors (Lipinski definition) is 3. The number of carbonyl (C=O) groups is 1. The highest BCUT2D eigenvalue weighted by Gasteiger charge is 2.07. The van der Waals surface area contributed by atoms with Gasteiger partial charge in [-0.3, -0.25) is 4.79 Å². The summed E-state index contributed by atoms with van der Waals surface area (Å²) in [4.78, 5) is 11.7. The van der Waals surface area contributed by atoms with E-state index < -0.39 is 0 Å². The second kappa shape index (κ2) is 6.74. The monoisotopic (exact) mass is 287 g/mol. The van der Waals surface area contributed by atoms with E-state index in [4.69, 9.17) is 5.73 Å². The van der Waals surface area contributed by atoms with Crippen LogP contribution in [0.1, 0.15) is 22.8 Å². The Balaban J connectivity index is 2.08. The fourth-order valence-electron chi connectivity index (χ4n) is 1.96. The van der Waals surface area contributed by atoms with E-state index in [-0.39, 0.29) is 11.7 Å². The van der Waals surface area contributed by atoms with E-state index in [0.29, 0.717) is 35.6 Å². The molecule has 0 saturated carbocycles. The van der Waals surface area contributed by atoms with Crippen molar-refractivity contribution in [2.24, 2.45) is 0 Å². The zero-order valence-electron chi connectivity index (χ0n) is 11.8. The Hall–Kier alpha value is -2.56. The van der Waals surface area contributed by atoms with Crippen molar-refractivity contribution in [3.05, 3.63) is 59.4 Å². The fourth-order valence-corrected chi connectivity index (χ4v) is 1.96. The van der Waals surface area contributed by atoms with E-state index in [1.165, 1.54) is 6.07 Å². The van der Waals surface area contributed by atoms with Crippen LogP contribution in [0.15, 0.2) is 42.5 Å². The molecule has 0 atom stereocenters. The highest BCUT2D eigenvalue weighted by molar-refractivity contribution is 5.96. The van der Waals surface area contributed by atoms with Crippen LogP contribution < -0.4 is 16.4 Å². The summed E-state index contributed by atoms with van der Waals surface area (Å²) in [6, 6.07) is 11.6. The molecule has 0 saturated heterocycles. The zero-order valence-corrected chi connectivity index (χ0v) is 11.8. The van der Waals surface area contributed by atoms with Crippen LogP contribution in [0.3, 0.4) is 0 Å². The molecule has 0 spiro atoms. The van der Waals surface area contributed by atoms with Gasteiger partial charge in [0.25, 0.3) is 5.91 Å². The third-order valence-corrected chi connectivity index (χ3v) is 3.08. The van der Waals surface area contributed by atoms with Crippen LogP contribution in [-0.4, -0.2) is 12.5 Å². The number of amides is 1. The third-order valence-electron chi connectivity index (χ3n) is 3.08. The van der Waals surface area contributed by atoms with Crippen LogP contribution in [0.2, 0.25) is 0 Å². The second-order valence-electron chi connectivity index (χ2n) is 4.61. The van der Waals surface area contributed by atoms with E-state index in [0.717, 1.165) is 0 Å². The van der Waals surface area contributed by atoms with Crippen LogP contribution in [0.25, 0.3) is 0 Å². The van der Waals surface area contributed by atoms with E-state index in [1.807, 2.05) is 6.92 Å². The summed E-state index contributed by atoms with van der Waals surface area (Å²) in [6.07, 6.45) is 0. The van der Waals surface area contributed by atoms with Gasteiger partial charge in [0.1, 0.15) is 5.82 Å². The van der Waals surface area contributed by atoms with Crippen LogP contribution in [-0.2, 0) is 6.54 Å². The summed E-state index contributed by atoms with van der Waals surface area (Å²) in [5, 5.41) is 5.78. The number of benzene rings is 2. The highest BCUT2D eigenvalue weighted by atomic mass is 19.1. The van der Waals surface area contributed by atoms with Gasteiger partial charge in [0.05, 0.1) is 11.4 Å². The van der Waals surface area contributed by atoms with Crippen LogP contribution in [0, 0.1) is 5.82 Å². The lowest BCUT2D eigenvalue weighted by Gasteiger charge is -2.11. The average molecular weight is 287 g/mol. The van der Waals surface area contributed by atoms with Gasteiger partial charge in [-0.1, -0.05) is 18.2 Å². The first-order chi connectivity index (χ1) is 10.1. The molecular weight excluding hydrogens is 269 g/mol. The van der Waals surface area contributed by atoms with Gasteiger partial charge in [0.2, 0.25) is 0 Å². The molecule has 21 heavy (non-hydrogen) atoms. The maximum Gasteiger partial charge on any atom is 0.251 e. The van der Waals surface area contributed by atoms with Gasteiger partial charge >= 0.3 is 0 Å². The molecule has 0 aliphatic carbocycles. The Morgan fingerprint density at radius 1 is 1.24 bits per heavy atom. The van der Waals surface area contributed by atoms with Crippen LogP contribution >= 0.6 is 0 Å². The van der Waals surface area contributed by atoms with Crippen LogP contribution in [0.4, 0.5) is 15.8 Å². The quantitative estimate of drug-likeness (QED) is 0.741. The Morgan fingerprint density at radius 2 is 2.00 bits per heavy atom. The molecule has 2 rings (SSSR count). The Bertz CT molecular complexity index is 643. The summed E-state index contributed by atoms with van der Waals surface area (Å²) in [6.45, 7) is 2.75. The Morgan fingerprint density at radius 3 is 2.67 bits per heavy atom. The van der Waals surface area contributed by atoms with E-state index in [9.17, 15) is 9.18 Å². The number of nitrogens with one attached hydrogen (secondary N) is 2. The average Bonchev–Trinajstić information content (AvgIpc) is 2.47. The number of hydrogen-bond acceptors (Lipinski definition) is 3. The third kappa shape index (κ3) is 3.72. The fraction of sp³-hybridized carbons (Fsp3) is 0.188. The van der Waals surface area contributed by atoms with E-state index in [2.05, 4.69) is 10.6 Å². The summed E-state index contributed by atoms with van der Waals surface area (Å²) in [5.74, 6) is -0.424. The number of rotatable bonds is 5. The second-order valence-corrected chi connectivity index (χ2v) is 4.61. The molecular formula is C16H18FN3O. The molecule has 4 N–H and O–H groups in total. The number of halogens is 1. The molecule has 0 bridgehead atoms. The van der Waals surface area contributed by atoms with Crippen molar-refractivity contribution in [2.45, 2.75) is 13.5 Å². The predicted molar refractivity (Wildman–Crippen MR) is 82.6 cm³/mol. The lowest BCUT2D eigenvalue weighted by atomic mass is 10.1. The van der Waals surface area contributed by atoms with Gasteiger partial charge in [-0.15, -0.1) is 0 Å². The lowest BCUT2D eigenvalue weighted by molar-refractivity contribution is 0.0956. The minimum atomic E-state index is -0.262. The molecule has 0 heterocycles. The molecule has 2 aromatic carbocycles. The van der Waals surface area contributed by atoms with Crippen molar-refractivity contribution in [1.82, 2.24) is 5.32 Å². The lowest BCUT2D eigenvalue weighted by Crippen LogP contribution is -2.22. The molecule has 1 amide bonds. The van der Waals surface area contributed by atoms with Crippen molar-refractivity contribution in [3.8, 4) is 0 Å². The van der Waals surface area contributed by atoms with Gasteiger partial charge in [0.15, 0.2) is 0 Å². The van der Waals surface area contributed by atoms with Crippen molar-refractivity contribution in [2.75, 3.05) is 17.6 Å². The normalized spacial score (nSPS) is 10.2. The molecule has 0 fully saturated rings. The maximum absolute atomic E-state index is 13.5. The summed E-state index contributed by atoms with van der Waals surface area (Å²) < 4.78 is 13.5. The molecule has 110 valence electrons. The van der Waals surface area contributed by atoms with Gasteiger partial charge in [-0.25, -0.2) is 4.39 Å². The highest BCUT2D eigenvalue weighted by Crippen LogP contribution is 2.21. The van der Waals surface area contributed by atoms with Crippen molar-refractivity contribution < 1.29 is 9.18 Å². The van der Waals surface area contributed by atoms with Gasteiger partial charge in [0, 0.05) is 24.2 Å². The summed E-state index contributed by atoms with van der Waals surface area (Å²) >= 11 is 0. The number of carbonyl (C=O) groups excluding carboxylic acids is 1. The van der Waals surface area contributed by atoms with Gasteiger partial charge < -0.3 is 16.4 Å². The van der Waals surface area contributed by atoms with E-state index >= 15 is 0 Å². The van der Waals surface area contributed by atoms with Crippen molar-refractivity contribution in [1.29, 1.82) is 0 Å². The molecule has 2 aromatic rings. The van der Waals surface area contributed by atoms with Crippen molar-refractivity contribution in [3.63, 3.8) is 0 Å². The van der Waals surface area contributed by atoms with Crippen LogP contribution in [0.5, 0.6) is 0 Å². The molecule has 0 unspecified atom stereocenters. The Labute approximate surface area is 123 Å². The molecule has 5 heteroatoms. The molecule has 0 aromatic heterocycles. The van der Waals surface area contributed by atoms with Gasteiger partial charge in [-0.2, -0.15) is 0 Å². The standard InChI is InChI=1S/C16H18FN3O/c1-2-19-16(21)11-7-8-15(14(18)9-11)20-10-12-5-3-4-6-13(12)17/h3-9,20H,2,10,18H2,1H3,(H,19,21). The SMILES string of the molecule is CCNC(=O)c1ccc(NCc2ccccc2F)c(N)c1. The molecule has 0 radical (unpaired) electrons. The largest absolute Gasteiger partial charge is 0.397 e. The topological polar surface area (TPSA) is 67.2 Å². The van der Waals surface area contributed by atoms with E-state index in [1.54, 1.807) is 36.4 Å². The first kappa shape index (κ1) is 14.8. The maximum atomic E-state index is 13.5. The number of anilines is 2. The molecule has 0 aliphatic rings. The summed E-state index contributed by atoms with van der Waals surface area (Å²) in [7, 11) is 0.